The van der Waals surface area contributed by atoms with Crippen molar-refractivity contribution in [1.29, 1.82) is 0 Å². The minimum atomic E-state index is 0.193. The number of alkyl halides is 1. The summed E-state index contributed by atoms with van der Waals surface area (Å²) in [5, 5.41) is 0.193. The predicted octanol–water partition coefficient (Wildman–Crippen LogP) is 4.19. The average molecular weight is 283 g/mol. The Morgan fingerprint density at radius 2 is 2.11 bits per heavy atom. The molecule has 0 saturated carbocycles. The van der Waals surface area contributed by atoms with Crippen molar-refractivity contribution < 1.29 is 9.47 Å². The van der Waals surface area contributed by atoms with Crippen LogP contribution in [0.4, 0.5) is 0 Å². The van der Waals surface area contributed by atoms with Gasteiger partial charge in [-0.3, -0.25) is 0 Å². The molecule has 2 atom stereocenters. The van der Waals surface area contributed by atoms with Gasteiger partial charge in [0.1, 0.15) is 5.75 Å². The van der Waals surface area contributed by atoms with E-state index in [9.17, 15) is 0 Å². The Morgan fingerprint density at radius 3 is 2.74 bits per heavy atom. The van der Waals surface area contributed by atoms with Crippen LogP contribution in [-0.4, -0.2) is 25.2 Å². The summed E-state index contributed by atoms with van der Waals surface area (Å²) in [7, 11) is 1.68. The van der Waals surface area contributed by atoms with Gasteiger partial charge >= 0.3 is 0 Å². The van der Waals surface area contributed by atoms with Crippen LogP contribution in [0.2, 0.25) is 0 Å². The molecule has 1 aliphatic heterocycles. The molecule has 0 amide bonds. The van der Waals surface area contributed by atoms with Gasteiger partial charge in [0, 0.05) is 12.0 Å². The summed E-state index contributed by atoms with van der Waals surface area (Å²) in [6.45, 7) is 0.927. The number of methoxy groups -OCH3 is 1. The van der Waals surface area contributed by atoms with Gasteiger partial charge in [-0.2, -0.15) is 0 Å². The maximum atomic E-state index is 6.42. The van der Waals surface area contributed by atoms with Gasteiger partial charge in [0.05, 0.1) is 13.2 Å². The predicted molar refractivity (Wildman–Crippen MR) is 79.2 cm³/mol. The van der Waals surface area contributed by atoms with Crippen LogP contribution in [0.3, 0.4) is 0 Å². The molecule has 1 aromatic rings. The maximum Gasteiger partial charge on any atom is 0.118 e. The third-order valence-electron chi connectivity index (χ3n) is 3.69. The van der Waals surface area contributed by atoms with Crippen molar-refractivity contribution in [2.24, 2.45) is 0 Å². The van der Waals surface area contributed by atoms with Crippen LogP contribution >= 0.6 is 11.6 Å². The molecule has 0 radical (unpaired) electrons. The standard InChI is InChI=1S/C16H23ClO2/c1-18-15-8-5-13(6-9-15)12-14(17)7-10-16-4-2-3-11-19-16/h5-6,8-9,14,16H,2-4,7,10-12H2,1H3. The molecule has 1 aromatic carbocycles. The first-order valence-electron chi connectivity index (χ1n) is 7.16. The lowest BCUT2D eigenvalue weighted by molar-refractivity contribution is 0.0100. The van der Waals surface area contributed by atoms with Crippen molar-refractivity contribution in [2.45, 2.75) is 50.0 Å². The normalized spacial score (nSPS) is 21.1. The molecule has 0 bridgehead atoms. The van der Waals surface area contributed by atoms with Crippen LogP contribution in [-0.2, 0) is 11.2 Å². The van der Waals surface area contributed by atoms with Crippen LogP contribution in [0.5, 0.6) is 5.75 Å². The molecule has 2 nitrogen and oxygen atoms in total. The second-order valence-corrected chi connectivity index (χ2v) is 5.83. The lowest BCUT2D eigenvalue weighted by Gasteiger charge is -2.23. The van der Waals surface area contributed by atoms with E-state index in [0.717, 1.165) is 31.6 Å². The SMILES string of the molecule is COc1ccc(CC(Cl)CCC2CCCCO2)cc1. The van der Waals surface area contributed by atoms with Gasteiger partial charge in [-0.05, 0) is 56.2 Å². The number of hydrogen-bond donors (Lipinski definition) is 0. The fraction of sp³-hybridized carbons (Fsp3) is 0.625. The van der Waals surface area contributed by atoms with E-state index in [1.807, 2.05) is 12.1 Å². The van der Waals surface area contributed by atoms with Gasteiger partial charge in [-0.15, -0.1) is 11.6 Å². The highest BCUT2D eigenvalue weighted by Crippen LogP contribution is 2.21. The molecule has 1 fully saturated rings. The van der Waals surface area contributed by atoms with Crippen molar-refractivity contribution >= 4 is 11.6 Å². The average Bonchev–Trinajstić information content (AvgIpc) is 2.47. The van der Waals surface area contributed by atoms with Crippen LogP contribution in [0.1, 0.15) is 37.7 Å². The summed E-state index contributed by atoms with van der Waals surface area (Å²) < 4.78 is 10.9. The summed E-state index contributed by atoms with van der Waals surface area (Å²) in [6, 6.07) is 8.16. The van der Waals surface area contributed by atoms with E-state index >= 15 is 0 Å². The number of hydrogen-bond acceptors (Lipinski definition) is 2. The third-order valence-corrected chi connectivity index (χ3v) is 4.06. The quantitative estimate of drug-likeness (QED) is 0.728. The largest absolute Gasteiger partial charge is 0.497 e. The van der Waals surface area contributed by atoms with Crippen LogP contribution < -0.4 is 4.74 Å². The Balaban J connectivity index is 1.71. The van der Waals surface area contributed by atoms with Crippen molar-refractivity contribution in [2.75, 3.05) is 13.7 Å². The molecule has 106 valence electrons. The van der Waals surface area contributed by atoms with Crippen LogP contribution in [0.25, 0.3) is 0 Å². The molecule has 2 rings (SSSR count). The van der Waals surface area contributed by atoms with Gasteiger partial charge in [0.25, 0.3) is 0 Å². The topological polar surface area (TPSA) is 18.5 Å². The molecule has 0 spiro atoms. The summed E-state index contributed by atoms with van der Waals surface area (Å²) in [4.78, 5) is 0. The van der Waals surface area contributed by atoms with Gasteiger partial charge in [-0.1, -0.05) is 12.1 Å². The summed E-state index contributed by atoms with van der Waals surface area (Å²) in [5.74, 6) is 0.894. The molecule has 3 heteroatoms. The third kappa shape index (κ3) is 5.04. The number of ether oxygens (including phenoxy) is 2. The van der Waals surface area contributed by atoms with Crippen LogP contribution in [0.15, 0.2) is 24.3 Å². The van der Waals surface area contributed by atoms with Gasteiger partial charge < -0.3 is 9.47 Å². The minimum absolute atomic E-state index is 0.193. The molecule has 1 aliphatic rings. The highest BCUT2D eigenvalue weighted by molar-refractivity contribution is 6.20. The fourth-order valence-corrected chi connectivity index (χ4v) is 2.83. The molecule has 1 saturated heterocycles. The lowest BCUT2D eigenvalue weighted by atomic mass is 10.0. The van der Waals surface area contributed by atoms with Gasteiger partial charge in [-0.25, -0.2) is 0 Å². The fourth-order valence-electron chi connectivity index (χ4n) is 2.52. The summed E-state index contributed by atoms with van der Waals surface area (Å²) in [6.07, 6.45) is 7.18. The number of benzene rings is 1. The second kappa shape index (κ2) is 7.76. The van der Waals surface area contributed by atoms with Crippen molar-refractivity contribution in [3.63, 3.8) is 0 Å². The molecule has 1 heterocycles. The van der Waals surface area contributed by atoms with Crippen LogP contribution in [0, 0.1) is 0 Å². The molecule has 2 unspecified atom stereocenters. The molecule has 0 N–H and O–H groups in total. The van der Waals surface area contributed by atoms with Crippen molar-refractivity contribution in [3.8, 4) is 5.75 Å². The van der Waals surface area contributed by atoms with E-state index in [1.54, 1.807) is 7.11 Å². The zero-order chi connectivity index (χ0) is 13.5. The van der Waals surface area contributed by atoms with E-state index in [4.69, 9.17) is 21.1 Å². The Labute approximate surface area is 121 Å². The molecular formula is C16H23ClO2. The van der Waals surface area contributed by atoms with Gasteiger partial charge in [0.15, 0.2) is 0 Å². The highest BCUT2D eigenvalue weighted by atomic mass is 35.5. The molecular weight excluding hydrogens is 260 g/mol. The summed E-state index contributed by atoms with van der Waals surface area (Å²) >= 11 is 6.42. The monoisotopic (exact) mass is 282 g/mol. The first kappa shape index (κ1) is 14.7. The number of halogens is 1. The molecule has 0 aliphatic carbocycles. The van der Waals surface area contributed by atoms with Crippen molar-refractivity contribution in [1.82, 2.24) is 0 Å². The molecule has 0 aromatic heterocycles. The Hall–Kier alpha value is -0.730. The minimum Gasteiger partial charge on any atom is -0.497 e. The van der Waals surface area contributed by atoms with E-state index in [1.165, 1.54) is 24.8 Å². The van der Waals surface area contributed by atoms with Gasteiger partial charge in [0.2, 0.25) is 0 Å². The summed E-state index contributed by atoms with van der Waals surface area (Å²) in [5.41, 5.74) is 1.27. The number of rotatable bonds is 6. The smallest absolute Gasteiger partial charge is 0.118 e. The Kier molecular flexibility index (Phi) is 5.99. The lowest BCUT2D eigenvalue weighted by Crippen LogP contribution is -2.20. The van der Waals surface area contributed by atoms with E-state index < -0.39 is 0 Å². The second-order valence-electron chi connectivity index (χ2n) is 5.22. The van der Waals surface area contributed by atoms with E-state index in [2.05, 4.69) is 12.1 Å². The first-order chi connectivity index (χ1) is 9.28. The maximum absolute atomic E-state index is 6.42. The highest BCUT2D eigenvalue weighted by Gasteiger charge is 2.15. The van der Waals surface area contributed by atoms with E-state index in [-0.39, 0.29) is 5.38 Å². The first-order valence-corrected chi connectivity index (χ1v) is 7.60. The molecule has 19 heavy (non-hydrogen) atoms. The Bertz CT molecular complexity index is 358. The van der Waals surface area contributed by atoms with Crippen molar-refractivity contribution in [3.05, 3.63) is 29.8 Å². The Morgan fingerprint density at radius 1 is 1.32 bits per heavy atom. The zero-order valence-corrected chi connectivity index (χ0v) is 12.4. The van der Waals surface area contributed by atoms with E-state index in [0.29, 0.717) is 6.10 Å². The zero-order valence-electron chi connectivity index (χ0n) is 11.6.